The van der Waals surface area contributed by atoms with Crippen LogP contribution in [0.2, 0.25) is 0 Å². The highest BCUT2D eigenvalue weighted by Crippen LogP contribution is 2.77. The van der Waals surface area contributed by atoms with Crippen molar-refractivity contribution in [3.8, 4) is 0 Å². The zero-order valence-electron chi connectivity index (χ0n) is 16.3. The van der Waals surface area contributed by atoms with E-state index in [1.165, 1.54) is 6.92 Å². The number of nitrogens with zero attached hydrogens (tertiary/aromatic N) is 4. The van der Waals surface area contributed by atoms with Gasteiger partial charge in [-0.15, -0.1) is 0 Å². The summed E-state index contributed by atoms with van der Waals surface area (Å²) in [4.78, 5) is 54.3. The van der Waals surface area contributed by atoms with Gasteiger partial charge in [0.25, 0.3) is 13.0 Å². The molecule has 1 aromatic heterocycles. The number of aryl methyl sites for hydroxylation is 1. The van der Waals surface area contributed by atoms with Gasteiger partial charge in [0.15, 0.2) is 0 Å². The van der Waals surface area contributed by atoms with Gasteiger partial charge >= 0.3 is 26.3 Å². The highest BCUT2D eigenvalue weighted by molar-refractivity contribution is 7.86. The van der Waals surface area contributed by atoms with Crippen molar-refractivity contribution in [2.75, 3.05) is 6.61 Å². The van der Waals surface area contributed by atoms with Crippen LogP contribution in [0.25, 0.3) is 10.4 Å². The molecule has 0 amide bonds. The van der Waals surface area contributed by atoms with Crippen LogP contribution in [0.1, 0.15) is 18.2 Å². The van der Waals surface area contributed by atoms with Crippen LogP contribution in [0.5, 0.6) is 0 Å². The van der Waals surface area contributed by atoms with E-state index in [0.717, 1.165) is 10.8 Å². The molecular weight excluding hydrogens is 520 g/mol. The normalized spacial score (nSPS) is 25.1. The van der Waals surface area contributed by atoms with Gasteiger partial charge < -0.3 is 23.9 Å². The summed E-state index contributed by atoms with van der Waals surface area (Å²) in [6.07, 6.45) is -1.51. The average Bonchev–Trinajstić information content (AvgIpc) is 3.04. The van der Waals surface area contributed by atoms with E-state index in [2.05, 4.69) is 18.9 Å². The van der Waals surface area contributed by atoms with Gasteiger partial charge in [0.2, 0.25) is 7.57 Å². The Kier molecular flexibility index (Phi) is 7.99. The van der Waals surface area contributed by atoms with Crippen LogP contribution >= 0.6 is 22.7 Å². The van der Waals surface area contributed by atoms with Gasteiger partial charge in [0.1, 0.15) is 6.23 Å². The fourth-order valence-electron chi connectivity index (χ4n) is 2.59. The van der Waals surface area contributed by atoms with Gasteiger partial charge in [0, 0.05) is 23.1 Å². The SMILES string of the molecule is [B]P(=O)(OC[C@H]1O[C@@H](n2cc(C)c(=O)[nH]c2=O)C[C@H]1N=[N+]=[N-])OP(=O)(O)C(F)(F)P(=O)(O)O. The highest BCUT2D eigenvalue weighted by Gasteiger charge is 2.66. The number of alkyl halides is 2. The first-order valence-corrected chi connectivity index (χ1v) is 13.2. The number of azide groups is 1. The third-order valence-corrected chi connectivity index (χ3v) is 9.42. The summed E-state index contributed by atoms with van der Waals surface area (Å²) in [6, 6.07) is -1.11. The molecule has 4 N–H and O–H groups in total. The van der Waals surface area contributed by atoms with Crippen LogP contribution in [-0.4, -0.2) is 56.0 Å². The quantitative estimate of drug-likeness (QED) is 0.114. The second-order valence-corrected chi connectivity index (χ2v) is 12.2. The summed E-state index contributed by atoms with van der Waals surface area (Å²) in [6.45, 7) is 0.435. The Hall–Kier alpha value is -1.64. The minimum absolute atomic E-state index is 0.128. The summed E-state index contributed by atoms with van der Waals surface area (Å²) < 4.78 is 76.0. The molecule has 1 aromatic rings. The fourth-order valence-corrected chi connectivity index (χ4v) is 6.41. The molecule has 2 heterocycles. The van der Waals surface area contributed by atoms with Crippen molar-refractivity contribution in [1.29, 1.82) is 0 Å². The first kappa shape index (κ1) is 27.6. The van der Waals surface area contributed by atoms with E-state index < -0.39 is 64.3 Å². The molecule has 0 spiro atoms. The number of aromatic nitrogens is 2. The Morgan fingerprint density at radius 2 is 2.00 bits per heavy atom. The Balaban J connectivity index is 2.19. The second-order valence-electron chi connectivity index (χ2n) is 6.61. The van der Waals surface area contributed by atoms with E-state index in [4.69, 9.17) is 27.6 Å². The molecule has 2 radical (unpaired) electrons. The van der Waals surface area contributed by atoms with E-state index in [1.54, 1.807) is 0 Å². The lowest BCUT2D eigenvalue weighted by Crippen LogP contribution is -2.33. The minimum Gasteiger partial charge on any atom is -0.352 e. The predicted molar refractivity (Wildman–Crippen MR) is 105 cm³/mol. The van der Waals surface area contributed by atoms with Crippen LogP contribution in [0.3, 0.4) is 0 Å². The number of ether oxygens (including phenoxy) is 1. The molecule has 22 heteroatoms. The Morgan fingerprint density at radius 3 is 2.55 bits per heavy atom. The fraction of sp³-hybridized carbons (Fsp3) is 0.636. The summed E-state index contributed by atoms with van der Waals surface area (Å²) in [5.41, 5.74) is 7.28. The molecule has 0 bridgehead atoms. The van der Waals surface area contributed by atoms with Crippen LogP contribution in [0.15, 0.2) is 20.9 Å². The maximum absolute atomic E-state index is 13.5. The molecule has 16 nitrogen and oxygen atoms in total. The van der Waals surface area contributed by atoms with E-state index in [0.29, 0.717) is 0 Å². The maximum Gasteiger partial charge on any atom is 0.444 e. The van der Waals surface area contributed by atoms with Crippen molar-refractivity contribution in [3.05, 3.63) is 43.0 Å². The zero-order valence-corrected chi connectivity index (χ0v) is 19.0. The molecule has 1 aliphatic rings. The monoisotopic (exact) mass is 535 g/mol. The van der Waals surface area contributed by atoms with Crippen molar-refractivity contribution in [2.24, 2.45) is 5.11 Å². The number of hydrogen-bond acceptors (Lipinski definition) is 9. The van der Waals surface area contributed by atoms with Crippen LogP contribution in [0, 0.1) is 6.92 Å². The number of halogens is 2. The third-order valence-electron chi connectivity index (χ3n) is 4.19. The lowest BCUT2D eigenvalue weighted by atomic mass is 10.1. The van der Waals surface area contributed by atoms with Crippen LogP contribution < -0.4 is 11.2 Å². The van der Waals surface area contributed by atoms with Crippen molar-refractivity contribution in [3.63, 3.8) is 0 Å². The molecule has 0 saturated carbocycles. The molecule has 1 saturated heterocycles. The van der Waals surface area contributed by atoms with E-state index in [-0.39, 0.29) is 12.0 Å². The topological polar surface area (TPSA) is 243 Å². The largest absolute Gasteiger partial charge is 0.444 e. The molecule has 5 atom stereocenters. The van der Waals surface area contributed by atoms with Gasteiger partial charge in [-0.3, -0.25) is 28.0 Å². The van der Waals surface area contributed by atoms with Crippen molar-refractivity contribution in [2.45, 2.75) is 37.1 Å². The van der Waals surface area contributed by atoms with Gasteiger partial charge in [-0.2, -0.15) is 8.78 Å². The number of rotatable bonds is 9. The number of nitrogens with one attached hydrogen (secondary N) is 1. The summed E-state index contributed by atoms with van der Waals surface area (Å²) in [5.74, 6) is 0. The summed E-state index contributed by atoms with van der Waals surface area (Å²) >= 11 is 0. The molecule has 182 valence electrons. The Bertz CT molecular complexity index is 1230. The Labute approximate surface area is 183 Å². The predicted octanol–water partition coefficient (Wildman–Crippen LogP) is 1.03. The Morgan fingerprint density at radius 1 is 1.39 bits per heavy atom. The second kappa shape index (κ2) is 9.55. The van der Waals surface area contributed by atoms with Crippen molar-refractivity contribution < 1.29 is 50.7 Å². The lowest BCUT2D eigenvalue weighted by molar-refractivity contribution is -0.0232. The van der Waals surface area contributed by atoms with Gasteiger partial charge in [0.05, 0.1) is 18.8 Å². The van der Waals surface area contributed by atoms with Gasteiger partial charge in [-0.25, -0.2) is 9.11 Å². The molecule has 1 fully saturated rings. The average molecular weight is 535 g/mol. The number of aromatic amines is 1. The summed E-state index contributed by atoms with van der Waals surface area (Å²) in [7, 11) is -13.5. The number of H-pyrrole nitrogens is 1. The van der Waals surface area contributed by atoms with Crippen molar-refractivity contribution >= 4 is 30.2 Å². The van der Waals surface area contributed by atoms with Crippen LogP contribution in [-0.2, 0) is 27.3 Å². The molecule has 2 rings (SSSR count). The van der Waals surface area contributed by atoms with Crippen LogP contribution in [0.4, 0.5) is 8.78 Å². The zero-order chi connectivity index (χ0) is 25.4. The first-order valence-electron chi connectivity index (χ1n) is 8.44. The van der Waals surface area contributed by atoms with E-state index in [9.17, 15) is 37.0 Å². The minimum atomic E-state index is -6.62. The molecule has 0 aromatic carbocycles. The maximum atomic E-state index is 13.5. The molecule has 2 unspecified atom stereocenters. The number of hydrogen-bond donors (Lipinski definition) is 4. The molecule has 33 heavy (non-hydrogen) atoms. The van der Waals surface area contributed by atoms with Crippen molar-refractivity contribution in [1.82, 2.24) is 9.55 Å². The smallest absolute Gasteiger partial charge is 0.352 e. The standard InChI is InChI=1S/C11H15BF2N5O11P3/c1-5-3-19(10(21)16-9(5)20)8-2-6(17-18-15)7(29-8)4-28-33(12,27)30-32(25,26)11(13,14)31(22,23)24/h3,6-8H,2,4H2,1H3,(H,25,26)(H,16,20,21)(H2,22,23,24)/t6-,7-,8-,33?/m1/s1. The highest BCUT2D eigenvalue weighted by atomic mass is 31.3. The first-order chi connectivity index (χ1) is 14.9. The van der Waals surface area contributed by atoms with E-state index in [1.807, 2.05) is 4.98 Å². The molecule has 1 aliphatic heterocycles. The molecular formula is C11H15BF2N5O11P3. The van der Waals surface area contributed by atoms with Gasteiger partial charge in [-0.1, -0.05) is 5.11 Å². The van der Waals surface area contributed by atoms with E-state index >= 15 is 0 Å². The molecule has 0 aliphatic carbocycles. The third kappa shape index (κ3) is 6.08. The summed E-state index contributed by atoms with van der Waals surface area (Å²) in [5, 5.41) is -2.26. The lowest BCUT2D eigenvalue weighted by Gasteiger charge is -2.26. The van der Waals surface area contributed by atoms with Gasteiger partial charge in [-0.05, 0) is 12.5 Å².